The lowest BCUT2D eigenvalue weighted by molar-refractivity contribution is 1.07. The van der Waals surface area contributed by atoms with Crippen LogP contribution in [-0.2, 0) is 0 Å². The number of hydrogen-bond donors (Lipinski definition) is 0. The van der Waals surface area contributed by atoms with Gasteiger partial charge in [0.25, 0.3) is 0 Å². The van der Waals surface area contributed by atoms with E-state index in [0.717, 1.165) is 39.0 Å². The zero-order chi connectivity index (χ0) is 36.6. The summed E-state index contributed by atoms with van der Waals surface area (Å²) < 4.78 is 2.39. The fraction of sp³-hybridized carbons (Fsp3) is 0. The lowest BCUT2D eigenvalue weighted by Crippen LogP contribution is -2.01. The van der Waals surface area contributed by atoms with Crippen LogP contribution in [0.4, 0.5) is 0 Å². The molecule has 2 heterocycles. The first-order chi connectivity index (χ1) is 27.3. The number of fused-ring (bicyclic) bond motifs is 3. The van der Waals surface area contributed by atoms with E-state index in [1.807, 2.05) is 60.7 Å². The largest absolute Gasteiger partial charge is 0.309 e. The summed E-state index contributed by atoms with van der Waals surface area (Å²) in [6.45, 7) is 0. The van der Waals surface area contributed by atoms with Gasteiger partial charge >= 0.3 is 0 Å². The highest BCUT2D eigenvalue weighted by Gasteiger charge is 2.20. The van der Waals surface area contributed by atoms with Crippen LogP contribution in [0.1, 0.15) is 0 Å². The van der Waals surface area contributed by atoms with Crippen LogP contribution < -0.4 is 0 Å². The third-order valence-corrected chi connectivity index (χ3v) is 10.2. The van der Waals surface area contributed by atoms with Crippen molar-refractivity contribution in [2.45, 2.75) is 0 Å². The molecule has 0 fully saturated rings. The first kappa shape index (κ1) is 32.2. The molecule has 2 aromatic heterocycles. The summed E-state index contributed by atoms with van der Waals surface area (Å²) in [5.74, 6) is 1.90. The first-order valence-electron chi connectivity index (χ1n) is 18.5. The number of para-hydroxylation sites is 1. The molecule has 0 N–H and O–H groups in total. The van der Waals surface area contributed by atoms with Crippen LogP contribution in [0, 0.1) is 0 Å². The Morgan fingerprint density at radius 1 is 0.291 bits per heavy atom. The maximum atomic E-state index is 5.06. The molecule has 0 amide bonds. The standard InChI is InChI=1S/C51H34N4/c1-5-17-35(18-6-1)39-25-15-26-40(31-39)45-33-42(36-19-7-2-8-20-36)34-47-48(45)44-29-13-14-30-46(44)55(47)43-28-16-27-41(32-43)51-53-49(37-21-9-3-10-22-37)52-50(54-51)38-23-11-4-12-24-38/h1-34H. The number of hydrogen-bond acceptors (Lipinski definition) is 3. The molecule has 0 unspecified atom stereocenters. The van der Waals surface area contributed by atoms with Crippen molar-refractivity contribution in [2.75, 3.05) is 0 Å². The van der Waals surface area contributed by atoms with E-state index in [-0.39, 0.29) is 0 Å². The van der Waals surface area contributed by atoms with Gasteiger partial charge in [-0.05, 0) is 69.8 Å². The average Bonchev–Trinajstić information content (AvgIpc) is 3.61. The second-order valence-corrected chi connectivity index (χ2v) is 13.7. The molecule has 0 aliphatic heterocycles. The molecule has 10 rings (SSSR count). The summed E-state index contributed by atoms with van der Waals surface area (Å²) in [5, 5.41) is 2.41. The van der Waals surface area contributed by atoms with Gasteiger partial charge in [-0.1, -0.05) is 170 Å². The van der Waals surface area contributed by atoms with Crippen molar-refractivity contribution in [3.63, 3.8) is 0 Å². The van der Waals surface area contributed by atoms with Crippen molar-refractivity contribution in [3.8, 4) is 73.2 Å². The van der Waals surface area contributed by atoms with Gasteiger partial charge in [-0.15, -0.1) is 0 Å². The van der Waals surface area contributed by atoms with Crippen molar-refractivity contribution in [3.05, 3.63) is 206 Å². The van der Waals surface area contributed by atoms with Crippen molar-refractivity contribution in [2.24, 2.45) is 0 Å². The molecule has 0 atom stereocenters. The zero-order valence-electron chi connectivity index (χ0n) is 29.9. The van der Waals surface area contributed by atoms with Gasteiger partial charge in [-0.2, -0.15) is 0 Å². The monoisotopic (exact) mass is 702 g/mol. The van der Waals surface area contributed by atoms with Crippen molar-refractivity contribution >= 4 is 21.8 Å². The van der Waals surface area contributed by atoms with E-state index in [2.05, 4.69) is 150 Å². The highest BCUT2D eigenvalue weighted by Crippen LogP contribution is 2.42. The van der Waals surface area contributed by atoms with Crippen LogP contribution in [0.15, 0.2) is 206 Å². The molecule has 4 nitrogen and oxygen atoms in total. The summed E-state index contributed by atoms with van der Waals surface area (Å²) >= 11 is 0. The summed E-state index contributed by atoms with van der Waals surface area (Å²) in [6, 6.07) is 72.4. The Hall–Kier alpha value is -7.43. The number of nitrogens with zero attached hydrogens (tertiary/aromatic N) is 4. The molecular weight excluding hydrogens is 669 g/mol. The molecule has 0 aliphatic rings. The molecule has 0 aliphatic carbocycles. The van der Waals surface area contributed by atoms with Gasteiger partial charge < -0.3 is 4.57 Å². The normalized spacial score (nSPS) is 11.3. The number of benzene rings is 8. The van der Waals surface area contributed by atoms with Gasteiger partial charge in [0.1, 0.15) is 0 Å². The fourth-order valence-corrected chi connectivity index (χ4v) is 7.62. The Morgan fingerprint density at radius 2 is 0.764 bits per heavy atom. The average molecular weight is 703 g/mol. The summed E-state index contributed by atoms with van der Waals surface area (Å²) in [4.78, 5) is 15.0. The van der Waals surface area contributed by atoms with Gasteiger partial charge in [-0.25, -0.2) is 15.0 Å². The number of rotatable bonds is 7. The minimum absolute atomic E-state index is 0.624. The molecular formula is C51H34N4. The molecule has 0 saturated heterocycles. The van der Waals surface area contributed by atoms with Crippen molar-refractivity contribution in [1.29, 1.82) is 0 Å². The summed E-state index contributed by atoms with van der Waals surface area (Å²) in [5.41, 5.74) is 13.2. The van der Waals surface area contributed by atoms with E-state index < -0.39 is 0 Å². The van der Waals surface area contributed by atoms with Crippen LogP contribution >= 0.6 is 0 Å². The van der Waals surface area contributed by atoms with Gasteiger partial charge in [0, 0.05) is 33.2 Å². The van der Waals surface area contributed by atoms with E-state index in [9.17, 15) is 0 Å². The Labute approximate surface area is 319 Å². The van der Waals surface area contributed by atoms with Crippen molar-refractivity contribution < 1.29 is 0 Å². The van der Waals surface area contributed by atoms with E-state index in [1.54, 1.807) is 0 Å². The highest BCUT2D eigenvalue weighted by atomic mass is 15.0. The predicted molar refractivity (Wildman–Crippen MR) is 227 cm³/mol. The van der Waals surface area contributed by atoms with Crippen LogP contribution in [0.2, 0.25) is 0 Å². The summed E-state index contributed by atoms with van der Waals surface area (Å²) in [6.07, 6.45) is 0. The number of aromatic nitrogens is 4. The topological polar surface area (TPSA) is 43.6 Å². The Bertz CT molecular complexity index is 2900. The maximum Gasteiger partial charge on any atom is 0.164 e. The Balaban J connectivity index is 1.21. The minimum atomic E-state index is 0.624. The van der Waals surface area contributed by atoms with Gasteiger partial charge in [0.05, 0.1) is 11.0 Å². The lowest BCUT2D eigenvalue weighted by atomic mass is 9.92. The quantitative estimate of drug-likeness (QED) is 0.166. The Morgan fingerprint density at radius 3 is 1.40 bits per heavy atom. The van der Waals surface area contributed by atoms with E-state index in [0.29, 0.717) is 17.5 Å². The van der Waals surface area contributed by atoms with Gasteiger partial charge in [0.15, 0.2) is 17.5 Å². The second kappa shape index (κ2) is 13.8. The molecule has 0 radical (unpaired) electrons. The van der Waals surface area contributed by atoms with Crippen LogP contribution in [0.3, 0.4) is 0 Å². The molecule has 258 valence electrons. The molecule has 0 bridgehead atoms. The SMILES string of the molecule is c1ccc(-c2cccc(-c3cc(-c4ccccc4)cc4c3c3ccccc3n4-c3cccc(-c4nc(-c5ccccc5)nc(-c5ccccc5)n4)c3)c2)cc1. The molecule has 55 heavy (non-hydrogen) atoms. The smallest absolute Gasteiger partial charge is 0.164 e. The van der Waals surface area contributed by atoms with E-state index in [1.165, 1.54) is 38.6 Å². The molecule has 10 aromatic rings. The predicted octanol–water partition coefficient (Wildman–Crippen LogP) is 13.0. The first-order valence-corrected chi connectivity index (χ1v) is 18.5. The molecule has 0 spiro atoms. The summed E-state index contributed by atoms with van der Waals surface area (Å²) in [7, 11) is 0. The van der Waals surface area contributed by atoms with E-state index in [4.69, 9.17) is 15.0 Å². The minimum Gasteiger partial charge on any atom is -0.309 e. The molecule has 8 aromatic carbocycles. The molecule has 4 heteroatoms. The maximum absolute atomic E-state index is 5.06. The molecule has 0 saturated carbocycles. The van der Waals surface area contributed by atoms with Crippen LogP contribution in [0.5, 0.6) is 0 Å². The van der Waals surface area contributed by atoms with Crippen molar-refractivity contribution in [1.82, 2.24) is 19.5 Å². The van der Waals surface area contributed by atoms with Gasteiger partial charge in [0.2, 0.25) is 0 Å². The third kappa shape index (κ3) is 6.06. The Kier molecular flexibility index (Phi) is 8.12. The third-order valence-electron chi connectivity index (χ3n) is 10.2. The van der Waals surface area contributed by atoms with Crippen LogP contribution in [0.25, 0.3) is 95.0 Å². The van der Waals surface area contributed by atoms with Gasteiger partial charge in [-0.3, -0.25) is 0 Å². The lowest BCUT2D eigenvalue weighted by Gasteiger charge is -2.14. The fourth-order valence-electron chi connectivity index (χ4n) is 7.62. The second-order valence-electron chi connectivity index (χ2n) is 13.7. The zero-order valence-corrected chi connectivity index (χ0v) is 29.9. The highest BCUT2D eigenvalue weighted by molar-refractivity contribution is 6.17. The van der Waals surface area contributed by atoms with Crippen LogP contribution in [-0.4, -0.2) is 19.5 Å². The van der Waals surface area contributed by atoms with E-state index >= 15 is 0 Å².